The van der Waals surface area contributed by atoms with E-state index < -0.39 is 6.10 Å². The van der Waals surface area contributed by atoms with Gasteiger partial charge in [-0.1, -0.05) is 58.4 Å². The van der Waals surface area contributed by atoms with Crippen molar-refractivity contribution in [1.29, 1.82) is 0 Å². The molecule has 3 fully saturated rings. The highest BCUT2D eigenvalue weighted by Crippen LogP contribution is 2.39. The molecule has 0 radical (unpaired) electrons. The van der Waals surface area contributed by atoms with Gasteiger partial charge in [0.15, 0.2) is 0 Å². The zero-order chi connectivity index (χ0) is 27.1. The molecule has 1 N–H and O–H groups in total. The van der Waals surface area contributed by atoms with Crippen molar-refractivity contribution >= 4 is 12.4 Å². The lowest BCUT2D eigenvalue weighted by atomic mass is 9.88. The second-order valence-corrected chi connectivity index (χ2v) is 9.38. The van der Waals surface area contributed by atoms with E-state index in [1.165, 1.54) is 11.6 Å². The van der Waals surface area contributed by atoms with Gasteiger partial charge in [0.25, 0.3) is 6.47 Å². The Morgan fingerprint density at radius 1 is 1.19 bits per heavy atom. The Bertz CT molecular complexity index is 742. The van der Waals surface area contributed by atoms with Gasteiger partial charge in [0.2, 0.25) is 5.91 Å². The number of rotatable bonds is 9. The molecule has 7 atom stereocenters. The van der Waals surface area contributed by atoms with Crippen LogP contribution in [0.25, 0.3) is 0 Å². The lowest BCUT2D eigenvalue weighted by Gasteiger charge is -2.39. The van der Waals surface area contributed by atoms with Crippen LogP contribution in [0.1, 0.15) is 81.1 Å². The number of carbonyl (C=O) groups excluding carboxylic acids is 2. The Morgan fingerprint density at radius 3 is 2.53 bits per heavy atom. The molecule has 3 aliphatic heterocycles. The zero-order valence-corrected chi connectivity index (χ0v) is 23.6. The first-order valence-electron chi connectivity index (χ1n) is 13.6. The molecule has 3 rings (SSSR count). The molecule has 0 aromatic carbocycles. The average molecular weight is 508 g/mol. The maximum Gasteiger partial charge on any atom is 0.293 e. The van der Waals surface area contributed by atoms with E-state index in [2.05, 4.69) is 37.4 Å². The van der Waals surface area contributed by atoms with Crippen LogP contribution in [0.2, 0.25) is 0 Å². The third-order valence-electron chi connectivity index (χ3n) is 6.59. The van der Waals surface area contributed by atoms with E-state index in [-0.39, 0.29) is 35.9 Å². The highest BCUT2D eigenvalue weighted by molar-refractivity contribution is 5.87. The Kier molecular flexibility index (Phi) is 14.9. The van der Waals surface area contributed by atoms with Gasteiger partial charge in [-0.2, -0.15) is 0 Å². The van der Waals surface area contributed by atoms with Crippen molar-refractivity contribution in [2.45, 2.75) is 117 Å². The third-order valence-corrected chi connectivity index (χ3v) is 6.59. The quantitative estimate of drug-likeness (QED) is 0.197. The van der Waals surface area contributed by atoms with Gasteiger partial charge in [-0.3, -0.25) is 9.59 Å². The van der Waals surface area contributed by atoms with Gasteiger partial charge in [0, 0.05) is 18.9 Å². The fourth-order valence-electron chi connectivity index (χ4n) is 4.34. The van der Waals surface area contributed by atoms with Crippen LogP contribution in [-0.4, -0.2) is 61.7 Å². The standard InChI is InChI=1S/C25H37NO6.2C2H6/c1-17(5-8-21-14-25(15-31-25)11-12-29-21)6-9-23-18(2)13-22(20(4)32-23)26-24(28)10-7-19(3)30-16-27;2*1-2/h5-8,10,16,18-23H,9,11-15H2,1-4H3,(H,26,28);2*1-2H3/b8-5+,10-7-,17-6+;;. The van der Waals surface area contributed by atoms with Crippen LogP contribution in [0.4, 0.5) is 0 Å². The molecule has 0 saturated carbocycles. The summed E-state index contributed by atoms with van der Waals surface area (Å²) < 4.78 is 22.4. The highest BCUT2D eigenvalue weighted by Gasteiger charge is 2.48. The first-order valence-corrected chi connectivity index (χ1v) is 13.6. The predicted octanol–water partition coefficient (Wildman–Crippen LogP) is 5.30. The Labute approximate surface area is 218 Å². The summed E-state index contributed by atoms with van der Waals surface area (Å²) >= 11 is 0. The maximum absolute atomic E-state index is 12.2. The molecule has 36 heavy (non-hydrogen) atoms. The molecule has 3 saturated heterocycles. The molecular weight excluding hydrogens is 458 g/mol. The summed E-state index contributed by atoms with van der Waals surface area (Å²) in [5, 5.41) is 3.00. The van der Waals surface area contributed by atoms with Crippen molar-refractivity contribution in [2.75, 3.05) is 13.2 Å². The molecule has 7 nitrogen and oxygen atoms in total. The molecule has 206 valence electrons. The third kappa shape index (κ3) is 11.0. The molecule has 3 heterocycles. The van der Waals surface area contributed by atoms with Crippen LogP contribution in [0.5, 0.6) is 0 Å². The molecule has 0 aromatic rings. The van der Waals surface area contributed by atoms with Gasteiger partial charge in [-0.15, -0.1) is 0 Å². The van der Waals surface area contributed by atoms with E-state index in [1.54, 1.807) is 13.0 Å². The van der Waals surface area contributed by atoms with E-state index >= 15 is 0 Å². The van der Waals surface area contributed by atoms with Gasteiger partial charge in [-0.25, -0.2) is 0 Å². The number of amides is 1. The number of hydrogen-bond donors (Lipinski definition) is 1. The van der Waals surface area contributed by atoms with Crippen LogP contribution < -0.4 is 5.32 Å². The van der Waals surface area contributed by atoms with E-state index in [0.717, 1.165) is 38.9 Å². The van der Waals surface area contributed by atoms with Crippen LogP contribution in [0.3, 0.4) is 0 Å². The van der Waals surface area contributed by atoms with Crippen molar-refractivity contribution in [3.8, 4) is 0 Å². The van der Waals surface area contributed by atoms with Gasteiger partial charge in [0.1, 0.15) is 6.10 Å². The van der Waals surface area contributed by atoms with E-state index in [1.807, 2.05) is 34.6 Å². The molecular formula is C29H49NO6. The second kappa shape index (κ2) is 16.7. The van der Waals surface area contributed by atoms with Gasteiger partial charge in [0.05, 0.1) is 43.2 Å². The molecule has 1 amide bonds. The average Bonchev–Trinajstić information content (AvgIpc) is 3.63. The molecule has 7 heteroatoms. The zero-order valence-electron chi connectivity index (χ0n) is 23.6. The molecule has 1 spiro atoms. The Balaban J connectivity index is 0.00000154. The molecule has 7 unspecified atom stereocenters. The van der Waals surface area contributed by atoms with Crippen LogP contribution in [0, 0.1) is 5.92 Å². The number of carbonyl (C=O) groups is 2. The van der Waals surface area contributed by atoms with E-state index in [4.69, 9.17) is 18.9 Å². The first kappa shape index (κ1) is 32.1. The van der Waals surface area contributed by atoms with E-state index in [0.29, 0.717) is 12.4 Å². The van der Waals surface area contributed by atoms with E-state index in [9.17, 15) is 9.59 Å². The summed E-state index contributed by atoms with van der Waals surface area (Å²) in [5.41, 5.74) is 1.29. The lowest BCUT2D eigenvalue weighted by Crippen LogP contribution is -2.50. The lowest BCUT2D eigenvalue weighted by molar-refractivity contribution is -0.131. The van der Waals surface area contributed by atoms with Crippen molar-refractivity contribution < 1.29 is 28.5 Å². The van der Waals surface area contributed by atoms with Crippen molar-refractivity contribution in [2.24, 2.45) is 5.92 Å². The molecule has 0 bridgehead atoms. The monoisotopic (exact) mass is 507 g/mol. The normalized spacial score (nSPS) is 32.7. The van der Waals surface area contributed by atoms with Crippen LogP contribution in [-0.2, 0) is 28.5 Å². The van der Waals surface area contributed by atoms with Gasteiger partial charge in [-0.05, 0) is 45.6 Å². The first-order chi connectivity index (χ1) is 17.3. The number of allylic oxidation sites excluding steroid dienone is 2. The Morgan fingerprint density at radius 2 is 1.89 bits per heavy atom. The predicted molar refractivity (Wildman–Crippen MR) is 144 cm³/mol. The second-order valence-electron chi connectivity index (χ2n) is 9.38. The molecule has 0 aromatic heterocycles. The van der Waals surface area contributed by atoms with Crippen molar-refractivity contribution in [1.82, 2.24) is 5.32 Å². The minimum atomic E-state index is -0.432. The molecule has 3 aliphatic rings. The smallest absolute Gasteiger partial charge is 0.293 e. The summed E-state index contributed by atoms with van der Waals surface area (Å²) in [6, 6.07) is -0.0499. The summed E-state index contributed by atoms with van der Waals surface area (Å²) in [5.74, 6) is 0.112. The van der Waals surface area contributed by atoms with Crippen LogP contribution >= 0.6 is 0 Å². The number of nitrogens with one attached hydrogen (secondary N) is 1. The fraction of sp³-hybridized carbons (Fsp3) is 0.724. The van der Waals surface area contributed by atoms with Gasteiger partial charge >= 0.3 is 0 Å². The maximum atomic E-state index is 12.2. The largest absolute Gasteiger partial charge is 0.461 e. The summed E-state index contributed by atoms with van der Waals surface area (Å²) in [7, 11) is 0. The summed E-state index contributed by atoms with van der Waals surface area (Å²) in [6.45, 7) is 18.0. The number of hydrogen-bond acceptors (Lipinski definition) is 6. The minimum absolute atomic E-state index is 0.0499. The summed E-state index contributed by atoms with van der Waals surface area (Å²) in [4.78, 5) is 22.5. The topological polar surface area (TPSA) is 86.4 Å². The van der Waals surface area contributed by atoms with Crippen molar-refractivity contribution in [3.05, 3.63) is 36.0 Å². The van der Waals surface area contributed by atoms with Gasteiger partial charge < -0.3 is 24.3 Å². The van der Waals surface area contributed by atoms with Crippen LogP contribution in [0.15, 0.2) is 36.0 Å². The fourth-order valence-corrected chi connectivity index (χ4v) is 4.34. The SMILES string of the molecule is CC.CC.CC(/C=C/C1CC2(CCO1)CO2)=C\CC1OC(C)C(NC(=O)/C=C\C(C)OC=O)CC1C. The highest BCUT2D eigenvalue weighted by atomic mass is 16.6. The summed E-state index contributed by atoms with van der Waals surface area (Å²) in [6.07, 6.45) is 12.8. The minimum Gasteiger partial charge on any atom is -0.461 e. The molecule has 0 aliphatic carbocycles. The number of epoxide rings is 1. The number of ether oxygens (including phenoxy) is 4. The van der Waals surface area contributed by atoms with Crippen molar-refractivity contribution in [3.63, 3.8) is 0 Å². The Hall–Kier alpha value is -1.96.